The zero-order chi connectivity index (χ0) is 61.8. The maximum atomic E-state index is 15.5. The predicted octanol–water partition coefficient (Wildman–Crippen LogP) is 3.96. The number of esters is 2. The number of halogens is 2. The topological polar surface area (TPSA) is 432 Å². The van der Waals surface area contributed by atoms with Gasteiger partial charge in [0.05, 0.1) is 49.2 Å². The molecule has 0 unspecified atom stereocenters. The number of aliphatic hydroxyl groups excluding tert-OH is 2. The Morgan fingerprint density at radius 2 is 1.16 bits per heavy atom. The van der Waals surface area contributed by atoms with Crippen molar-refractivity contribution in [3.63, 3.8) is 0 Å². The Kier molecular flexibility index (Phi) is 24.0. The van der Waals surface area contributed by atoms with Crippen LogP contribution in [0.1, 0.15) is 95.0 Å². The fourth-order valence-electron chi connectivity index (χ4n) is 6.90. The maximum absolute atomic E-state index is 15.5. The first-order valence-electron chi connectivity index (χ1n) is 24.7. The number of nitrogens with one attached hydrogen (secondary N) is 1. The molecule has 5 rings (SSSR count). The molecule has 0 aliphatic carbocycles. The summed E-state index contributed by atoms with van der Waals surface area (Å²) in [6.45, 7) is 11.3. The van der Waals surface area contributed by atoms with Crippen LogP contribution in [0.4, 0.5) is 30.1 Å². The van der Waals surface area contributed by atoms with E-state index in [1.54, 1.807) is 76.2 Å². The number of nitrogens with two attached hydrogens (primary N) is 2. The van der Waals surface area contributed by atoms with Crippen LogP contribution >= 0.6 is 15.6 Å². The van der Waals surface area contributed by atoms with E-state index in [1.165, 1.54) is 13.2 Å². The van der Waals surface area contributed by atoms with Crippen molar-refractivity contribution in [2.45, 2.75) is 143 Å². The highest BCUT2D eigenvalue weighted by Crippen LogP contribution is 2.54. The summed E-state index contributed by atoms with van der Waals surface area (Å²) in [6, 6.07) is 1.21. The molecule has 3 aromatic heterocycles. The minimum Gasteiger partial charge on any atom is -0.437 e. The van der Waals surface area contributed by atoms with Crippen molar-refractivity contribution < 1.29 is 117 Å². The number of hydrogen-bond acceptors (Lipinski definition) is 30. The van der Waals surface area contributed by atoms with E-state index in [9.17, 15) is 48.1 Å². The van der Waals surface area contributed by atoms with Gasteiger partial charge in [-0.05, 0) is 81.7 Å². The van der Waals surface area contributed by atoms with Gasteiger partial charge in [-0.15, -0.1) is 0 Å². The van der Waals surface area contributed by atoms with Crippen molar-refractivity contribution in [2.24, 2.45) is 10.8 Å². The summed E-state index contributed by atoms with van der Waals surface area (Å²) in [6.07, 6.45) is -12.6. The first kappa shape index (κ1) is 68.7. The number of methoxy groups -OCH3 is 1. The molecule has 82 heavy (non-hydrogen) atoms. The number of aromatic amines is 1. The number of phosphoric acid groups is 2. The molecule has 0 amide bonds. The van der Waals surface area contributed by atoms with Crippen LogP contribution in [-0.2, 0) is 88.5 Å². The molecule has 8 atom stereocenters. The molecule has 2 aliphatic rings. The number of fused-ring (bicyclic) bond motifs is 1. The van der Waals surface area contributed by atoms with Gasteiger partial charge in [-0.2, -0.15) is 9.97 Å². The Morgan fingerprint density at radius 1 is 0.720 bits per heavy atom. The molecule has 464 valence electrons. The van der Waals surface area contributed by atoms with Crippen LogP contribution < -0.4 is 22.7 Å². The van der Waals surface area contributed by atoms with Crippen molar-refractivity contribution in [3.8, 4) is 0 Å². The van der Waals surface area contributed by atoms with Gasteiger partial charge in [0.25, 0.3) is 5.56 Å². The van der Waals surface area contributed by atoms with Crippen molar-refractivity contribution in [1.29, 1.82) is 0 Å². The SMILES string of the molecule is CC[C@]1(COP(=O)(OCOC(=O)C(C)(C)C)OCOC(=O)C(C)(C)C)O[C@@H](n2cnc3c(=O)[nH]c(N)nc32)[C@H](F)[C@@H]1O.COC[C@]1(COP(=O)(OCOC(=O)OC(C)C)OCOC(=O)OC(C)C)O[C@@H](n2ccc(N)nc2=O)[C@H](F)[C@@H]1O. The average molecular weight is 1220 g/mol. The number of phosphoric ester groups is 2. The summed E-state index contributed by atoms with van der Waals surface area (Å²) < 4.78 is 135. The van der Waals surface area contributed by atoms with E-state index in [2.05, 4.69) is 29.4 Å². The number of carbonyl (C=O) groups is 4. The summed E-state index contributed by atoms with van der Waals surface area (Å²) in [7, 11) is -8.29. The molecule has 0 spiro atoms. The van der Waals surface area contributed by atoms with Crippen LogP contribution in [0, 0.1) is 10.8 Å². The second kappa shape index (κ2) is 28.6. The number of aliphatic hydroxyl groups is 2. The van der Waals surface area contributed by atoms with E-state index >= 15 is 8.78 Å². The van der Waals surface area contributed by atoms with Crippen LogP contribution in [0.3, 0.4) is 0 Å². The quantitative estimate of drug-likeness (QED) is 0.0347. The molecule has 5 heterocycles. The second-order valence-electron chi connectivity index (χ2n) is 20.4. The molecule has 2 fully saturated rings. The Labute approximate surface area is 466 Å². The first-order valence-corrected chi connectivity index (χ1v) is 27.6. The zero-order valence-electron chi connectivity index (χ0n) is 46.8. The molecular formula is C45H70F2N8O25P2. The lowest BCUT2D eigenvalue weighted by Crippen LogP contribution is -2.49. The van der Waals surface area contributed by atoms with E-state index in [-0.39, 0.29) is 29.4 Å². The molecule has 37 heteroatoms. The smallest absolute Gasteiger partial charge is 0.437 e. The number of alkyl halides is 2. The number of nitrogen functional groups attached to an aromatic ring is 2. The number of aromatic nitrogens is 6. The van der Waals surface area contributed by atoms with Crippen molar-refractivity contribution in [2.75, 3.05) is 65.6 Å². The number of imidazole rings is 1. The van der Waals surface area contributed by atoms with Crippen LogP contribution in [-0.4, -0.2) is 166 Å². The van der Waals surface area contributed by atoms with Gasteiger partial charge in [-0.1, -0.05) is 6.92 Å². The third-order valence-corrected chi connectivity index (χ3v) is 13.8. The Hall–Kier alpha value is -5.81. The summed E-state index contributed by atoms with van der Waals surface area (Å²) in [5.41, 5.74) is 3.52. The van der Waals surface area contributed by atoms with E-state index < -0.39 is 169 Å². The predicted molar refractivity (Wildman–Crippen MR) is 273 cm³/mol. The molecule has 0 saturated carbocycles. The van der Waals surface area contributed by atoms with E-state index in [0.717, 1.165) is 21.7 Å². The summed E-state index contributed by atoms with van der Waals surface area (Å²) in [4.78, 5) is 85.5. The van der Waals surface area contributed by atoms with Gasteiger partial charge in [-0.25, -0.2) is 55.4 Å². The van der Waals surface area contributed by atoms with Crippen LogP contribution in [0.5, 0.6) is 0 Å². The minimum atomic E-state index is -4.81. The Morgan fingerprint density at radius 3 is 1.60 bits per heavy atom. The van der Waals surface area contributed by atoms with Crippen LogP contribution in [0.15, 0.2) is 28.2 Å². The lowest BCUT2D eigenvalue weighted by molar-refractivity contribution is -0.165. The monoisotopic (exact) mass is 1220 g/mol. The molecule has 33 nitrogen and oxygen atoms in total. The van der Waals surface area contributed by atoms with Crippen LogP contribution in [0.2, 0.25) is 0 Å². The van der Waals surface area contributed by atoms with Crippen LogP contribution in [0.25, 0.3) is 11.2 Å². The number of carbonyl (C=O) groups excluding carboxylic acids is 4. The lowest BCUT2D eigenvalue weighted by atomic mass is 9.94. The lowest BCUT2D eigenvalue weighted by Gasteiger charge is -2.31. The average Bonchev–Trinajstić information content (AvgIpc) is 4.21. The molecule has 3 aromatic rings. The summed E-state index contributed by atoms with van der Waals surface area (Å²) in [5.74, 6) is -1.74. The molecule has 7 N–H and O–H groups in total. The highest BCUT2D eigenvalue weighted by Gasteiger charge is 2.59. The third kappa shape index (κ3) is 18.3. The molecule has 2 aliphatic heterocycles. The number of rotatable bonds is 25. The van der Waals surface area contributed by atoms with Crippen molar-refractivity contribution in [1.82, 2.24) is 29.1 Å². The van der Waals surface area contributed by atoms with Gasteiger partial charge in [0, 0.05) is 13.3 Å². The molecule has 0 bridgehead atoms. The Bertz CT molecular complexity index is 2820. The third-order valence-electron chi connectivity index (χ3n) is 11.2. The normalized spacial score (nSPS) is 23.1. The first-order chi connectivity index (χ1) is 38.0. The maximum Gasteiger partial charge on any atom is 0.510 e. The number of hydrogen-bond donors (Lipinski definition) is 5. The number of nitrogens with zero attached hydrogens (tertiary/aromatic N) is 5. The highest BCUT2D eigenvalue weighted by molar-refractivity contribution is 7.48. The van der Waals surface area contributed by atoms with Crippen molar-refractivity contribution >= 4 is 62.8 Å². The van der Waals surface area contributed by atoms with Gasteiger partial charge in [0.15, 0.2) is 36.0 Å². The highest BCUT2D eigenvalue weighted by atomic mass is 31.2. The fraction of sp³-hybridized carbons (Fsp3) is 0.711. The van der Waals surface area contributed by atoms with Gasteiger partial charge in [0.2, 0.25) is 33.1 Å². The molecule has 0 radical (unpaired) electrons. The summed E-state index contributed by atoms with van der Waals surface area (Å²) >= 11 is 0. The molecule has 0 aromatic carbocycles. The van der Waals surface area contributed by atoms with Crippen molar-refractivity contribution in [3.05, 3.63) is 39.4 Å². The Balaban J connectivity index is 0.000000353. The molecular weight excluding hydrogens is 1150 g/mol. The zero-order valence-corrected chi connectivity index (χ0v) is 48.6. The number of anilines is 2. The second-order valence-corrected chi connectivity index (χ2v) is 23.8. The van der Waals surface area contributed by atoms with Gasteiger partial charge >= 0.3 is 45.6 Å². The van der Waals surface area contributed by atoms with E-state index in [4.69, 9.17) is 71.8 Å². The minimum absolute atomic E-state index is 0.0636. The number of H-pyrrole nitrogens is 1. The largest absolute Gasteiger partial charge is 0.510 e. The standard InChI is InChI=1S/C24H37FN5O11P.C21H33FN3O14P/c1-8-24(15(31)13(25)18(41-24)30-10-27-14-16(30)28-21(26)29-17(14)32)9-38-42(35,39-11-36-19(33)22(2,3)4)40-12-37-20(34)23(5,6)7;1-12(2)37-19(28)32-10-35-40(30,36-11-33-20(29)38-13(3)4)34-9-21(8-31-5)16(26)15(22)17(39-21)25-7-6-14(23)24-18(25)27/h10,13,15,18,31H,8-9,11-12H2,1-7H3,(H3,26,28,29,32);6-7,12-13,15-17,26H,8-11H2,1-5H3,(H2,23,24,27)/t13-,15+,18-,24-;15-,16+,17-,21-/m11/s1. The van der Waals surface area contributed by atoms with Gasteiger partial charge < -0.3 is 64.3 Å². The van der Waals surface area contributed by atoms with E-state index in [1.807, 2.05) is 0 Å². The van der Waals surface area contributed by atoms with Gasteiger partial charge in [0.1, 0.15) is 29.2 Å². The van der Waals surface area contributed by atoms with Gasteiger partial charge in [-0.3, -0.25) is 37.5 Å². The summed E-state index contributed by atoms with van der Waals surface area (Å²) in [5, 5.41) is 21.6. The van der Waals surface area contributed by atoms with E-state index in [0.29, 0.717) is 0 Å². The number of ether oxygens (including phenoxy) is 9. The fourth-order valence-corrected chi connectivity index (χ4v) is 8.83. The molecule has 2 saturated heterocycles.